The van der Waals surface area contributed by atoms with Gasteiger partial charge in [0.25, 0.3) is 0 Å². The van der Waals surface area contributed by atoms with E-state index in [2.05, 4.69) is 41.1 Å². The molecule has 0 atom stereocenters. The number of hydrogen-bond donors (Lipinski definition) is 2. The molecule has 2 rings (SSSR count). The van der Waals surface area contributed by atoms with Crippen LogP contribution in [0.4, 0.5) is 0 Å². The molecule has 0 radical (unpaired) electrons. The lowest BCUT2D eigenvalue weighted by molar-refractivity contribution is 0.0969. The Labute approximate surface area is 105 Å². The van der Waals surface area contributed by atoms with Gasteiger partial charge in [0.1, 0.15) is 0 Å². The number of aliphatic hydroxyl groups excluding tert-OH is 1. The fourth-order valence-corrected chi connectivity index (χ4v) is 2.61. The summed E-state index contributed by atoms with van der Waals surface area (Å²) in [6.45, 7) is 2.08. The van der Waals surface area contributed by atoms with Crippen LogP contribution in [0.1, 0.15) is 36.8 Å². The van der Waals surface area contributed by atoms with E-state index < -0.39 is 0 Å². The molecular formula is C13H18BrNO. The van der Waals surface area contributed by atoms with Gasteiger partial charge in [-0.05, 0) is 49.8 Å². The zero-order valence-corrected chi connectivity index (χ0v) is 11.1. The number of aryl methyl sites for hydroxylation is 1. The Balaban J connectivity index is 2.25. The predicted octanol–water partition coefficient (Wildman–Crippen LogP) is 2.85. The molecule has 0 spiro atoms. The Bertz CT molecular complexity index is 384. The number of hydrogen-bond acceptors (Lipinski definition) is 2. The smallest absolute Gasteiger partial charge is 0.0541 e. The standard InChI is InChI=1S/C13H18BrNO/c1-9-8-10(2-3-12(9)14)13(15)6-4-11(16)5-7-13/h2-3,8,11,16H,4-7,15H2,1H3. The fraction of sp³-hybridized carbons (Fsp3) is 0.538. The van der Waals surface area contributed by atoms with Crippen LogP contribution in [0.5, 0.6) is 0 Å². The molecule has 0 aromatic heterocycles. The highest BCUT2D eigenvalue weighted by molar-refractivity contribution is 9.10. The molecule has 1 fully saturated rings. The zero-order chi connectivity index (χ0) is 11.8. The minimum absolute atomic E-state index is 0.159. The van der Waals surface area contributed by atoms with E-state index in [9.17, 15) is 5.11 Å². The van der Waals surface area contributed by atoms with Crippen LogP contribution in [-0.4, -0.2) is 11.2 Å². The second-order valence-corrected chi connectivity index (χ2v) is 5.71. The van der Waals surface area contributed by atoms with E-state index in [0.717, 1.165) is 30.2 Å². The van der Waals surface area contributed by atoms with Crippen LogP contribution < -0.4 is 5.73 Å². The minimum atomic E-state index is -0.245. The van der Waals surface area contributed by atoms with Crippen molar-refractivity contribution in [2.24, 2.45) is 5.73 Å². The first kappa shape index (κ1) is 12.1. The maximum atomic E-state index is 9.52. The van der Waals surface area contributed by atoms with Crippen molar-refractivity contribution in [1.29, 1.82) is 0 Å². The van der Waals surface area contributed by atoms with Gasteiger partial charge in [-0.3, -0.25) is 0 Å². The van der Waals surface area contributed by atoms with E-state index in [1.54, 1.807) is 0 Å². The van der Waals surface area contributed by atoms with Crippen molar-refractivity contribution in [3.05, 3.63) is 33.8 Å². The van der Waals surface area contributed by atoms with Crippen LogP contribution in [0, 0.1) is 6.92 Å². The van der Waals surface area contributed by atoms with E-state index in [0.29, 0.717) is 0 Å². The molecule has 0 bridgehead atoms. The quantitative estimate of drug-likeness (QED) is 0.833. The molecule has 16 heavy (non-hydrogen) atoms. The first-order valence-electron chi connectivity index (χ1n) is 5.75. The molecule has 0 aliphatic heterocycles. The Kier molecular flexibility index (Phi) is 3.38. The molecule has 1 aromatic rings. The molecule has 1 aromatic carbocycles. The van der Waals surface area contributed by atoms with Gasteiger partial charge < -0.3 is 10.8 Å². The molecule has 2 nitrogen and oxygen atoms in total. The average molecular weight is 284 g/mol. The molecule has 0 heterocycles. The van der Waals surface area contributed by atoms with Gasteiger partial charge in [-0.2, -0.15) is 0 Å². The van der Waals surface area contributed by atoms with Gasteiger partial charge in [0.2, 0.25) is 0 Å². The first-order valence-corrected chi connectivity index (χ1v) is 6.54. The van der Waals surface area contributed by atoms with Crippen LogP contribution in [-0.2, 0) is 5.54 Å². The van der Waals surface area contributed by atoms with E-state index in [1.807, 2.05) is 0 Å². The van der Waals surface area contributed by atoms with Gasteiger partial charge in [0.05, 0.1) is 6.10 Å². The Hall–Kier alpha value is -0.380. The summed E-state index contributed by atoms with van der Waals surface area (Å²) in [7, 11) is 0. The van der Waals surface area contributed by atoms with Gasteiger partial charge >= 0.3 is 0 Å². The van der Waals surface area contributed by atoms with Gasteiger partial charge in [-0.1, -0.05) is 28.1 Å². The first-order chi connectivity index (χ1) is 7.51. The maximum Gasteiger partial charge on any atom is 0.0541 e. The summed E-state index contributed by atoms with van der Waals surface area (Å²) in [6.07, 6.45) is 3.20. The summed E-state index contributed by atoms with van der Waals surface area (Å²) in [6, 6.07) is 6.31. The molecule has 0 amide bonds. The maximum absolute atomic E-state index is 9.52. The Morgan fingerprint density at radius 2 is 2.00 bits per heavy atom. The highest BCUT2D eigenvalue weighted by Crippen LogP contribution is 2.36. The summed E-state index contributed by atoms with van der Waals surface area (Å²) in [5.74, 6) is 0. The van der Waals surface area contributed by atoms with E-state index in [-0.39, 0.29) is 11.6 Å². The van der Waals surface area contributed by atoms with Crippen LogP contribution in [0.2, 0.25) is 0 Å². The third kappa shape index (κ3) is 2.31. The van der Waals surface area contributed by atoms with Gasteiger partial charge in [-0.25, -0.2) is 0 Å². The summed E-state index contributed by atoms with van der Waals surface area (Å²) in [5, 5.41) is 9.52. The van der Waals surface area contributed by atoms with E-state index in [1.165, 1.54) is 11.1 Å². The number of rotatable bonds is 1. The molecule has 3 heteroatoms. The summed E-state index contributed by atoms with van der Waals surface area (Å²) < 4.78 is 1.12. The molecule has 0 saturated heterocycles. The number of benzene rings is 1. The van der Waals surface area contributed by atoms with Gasteiger partial charge in [-0.15, -0.1) is 0 Å². The highest BCUT2D eigenvalue weighted by Gasteiger charge is 2.32. The number of halogens is 1. The van der Waals surface area contributed by atoms with E-state index in [4.69, 9.17) is 5.73 Å². The van der Waals surface area contributed by atoms with Crippen molar-refractivity contribution in [3.63, 3.8) is 0 Å². The van der Waals surface area contributed by atoms with Crippen LogP contribution in [0.25, 0.3) is 0 Å². The summed E-state index contributed by atoms with van der Waals surface area (Å²) in [5.41, 5.74) is 8.60. The molecule has 0 unspecified atom stereocenters. The molecule has 1 aliphatic rings. The summed E-state index contributed by atoms with van der Waals surface area (Å²) in [4.78, 5) is 0. The fourth-order valence-electron chi connectivity index (χ4n) is 2.36. The SMILES string of the molecule is Cc1cc(C2(N)CCC(O)CC2)ccc1Br. The molecule has 88 valence electrons. The van der Waals surface area contributed by atoms with Gasteiger partial charge in [0.15, 0.2) is 0 Å². The second-order valence-electron chi connectivity index (χ2n) is 4.85. The van der Waals surface area contributed by atoms with Crippen LogP contribution >= 0.6 is 15.9 Å². The molecule has 1 saturated carbocycles. The molecule has 1 aliphatic carbocycles. The largest absolute Gasteiger partial charge is 0.393 e. The number of aliphatic hydroxyl groups is 1. The van der Waals surface area contributed by atoms with E-state index >= 15 is 0 Å². The van der Waals surface area contributed by atoms with Crippen LogP contribution in [0.15, 0.2) is 22.7 Å². The monoisotopic (exact) mass is 283 g/mol. The number of nitrogens with two attached hydrogens (primary N) is 1. The molecular weight excluding hydrogens is 266 g/mol. The minimum Gasteiger partial charge on any atom is -0.393 e. The normalized spacial score (nSPS) is 30.4. The van der Waals surface area contributed by atoms with Crippen LogP contribution in [0.3, 0.4) is 0 Å². The van der Waals surface area contributed by atoms with Crippen molar-refractivity contribution >= 4 is 15.9 Å². The Morgan fingerprint density at radius 1 is 1.38 bits per heavy atom. The van der Waals surface area contributed by atoms with Crippen molar-refractivity contribution in [2.75, 3.05) is 0 Å². The lowest BCUT2D eigenvalue weighted by atomic mass is 9.76. The topological polar surface area (TPSA) is 46.2 Å². The molecule has 3 N–H and O–H groups in total. The van der Waals surface area contributed by atoms with Crippen molar-refractivity contribution in [3.8, 4) is 0 Å². The van der Waals surface area contributed by atoms with Crippen molar-refractivity contribution in [1.82, 2.24) is 0 Å². The highest BCUT2D eigenvalue weighted by atomic mass is 79.9. The Morgan fingerprint density at radius 3 is 2.56 bits per heavy atom. The lowest BCUT2D eigenvalue weighted by Crippen LogP contribution is -2.41. The lowest BCUT2D eigenvalue weighted by Gasteiger charge is -2.36. The summed E-state index contributed by atoms with van der Waals surface area (Å²) >= 11 is 3.50. The van der Waals surface area contributed by atoms with Crippen molar-refractivity contribution in [2.45, 2.75) is 44.2 Å². The predicted molar refractivity (Wildman–Crippen MR) is 69.2 cm³/mol. The van der Waals surface area contributed by atoms with Crippen molar-refractivity contribution < 1.29 is 5.11 Å². The second kappa shape index (κ2) is 4.47. The van der Waals surface area contributed by atoms with Gasteiger partial charge in [0, 0.05) is 10.0 Å². The third-order valence-electron chi connectivity index (χ3n) is 3.58. The zero-order valence-electron chi connectivity index (χ0n) is 9.54. The average Bonchev–Trinajstić information content (AvgIpc) is 2.26. The third-order valence-corrected chi connectivity index (χ3v) is 4.47.